The van der Waals surface area contributed by atoms with Gasteiger partial charge in [0.05, 0.1) is 17.6 Å². The Kier molecular flexibility index (Phi) is 4.98. The Hall–Kier alpha value is -3.54. The Bertz CT molecular complexity index is 1250. The largest absolute Gasteiger partial charge is 0.338 e. The lowest BCUT2D eigenvalue weighted by Crippen LogP contribution is -2.24. The second kappa shape index (κ2) is 7.95. The van der Waals surface area contributed by atoms with Crippen LogP contribution in [-0.2, 0) is 17.9 Å². The molecule has 31 heavy (non-hydrogen) atoms. The summed E-state index contributed by atoms with van der Waals surface area (Å²) in [5, 5.41) is 0. The number of benzene rings is 3. The molecule has 1 amide bonds. The molecule has 3 aromatic carbocycles. The average Bonchev–Trinajstić information content (AvgIpc) is 3.32. The highest BCUT2D eigenvalue weighted by molar-refractivity contribution is 5.81. The van der Waals surface area contributed by atoms with E-state index in [4.69, 9.17) is 4.98 Å². The summed E-state index contributed by atoms with van der Waals surface area (Å²) in [4.78, 5) is 19.3. The molecule has 0 saturated carbocycles. The standard InChI is InChI=1S/C25H21F2N3O/c26-20-11-9-17(10-12-20)14-29-15-19(13-24(29)31)25-28-22-7-3-4-8-23(22)30(25)16-18-5-1-2-6-21(18)27/h1-12,19H,13-16H2/t19-/m0/s1. The number of carbonyl (C=O) groups is 1. The molecule has 4 nitrogen and oxygen atoms in total. The van der Waals surface area contributed by atoms with Crippen molar-refractivity contribution >= 4 is 16.9 Å². The van der Waals surface area contributed by atoms with Crippen molar-refractivity contribution < 1.29 is 13.6 Å². The predicted octanol–water partition coefficient (Wildman–Crippen LogP) is 4.88. The van der Waals surface area contributed by atoms with Crippen LogP contribution in [0.3, 0.4) is 0 Å². The van der Waals surface area contributed by atoms with E-state index in [2.05, 4.69) is 0 Å². The smallest absolute Gasteiger partial charge is 0.223 e. The van der Waals surface area contributed by atoms with Crippen LogP contribution in [0.1, 0.15) is 29.3 Å². The molecule has 1 fully saturated rings. The Morgan fingerprint density at radius 3 is 2.45 bits per heavy atom. The SMILES string of the molecule is O=C1C[C@H](c2nc3ccccc3n2Cc2ccccc2F)CN1Cc1ccc(F)cc1. The van der Waals surface area contributed by atoms with Gasteiger partial charge in [-0.1, -0.05) is 42.5 Å². The minimum absolute atomic E-state index is 0.0406. The number of nitrogens with zero attached hydrogens (tertiary/aromatic N) is 3. The molecular formula is C25H21F2N3O. The van der Waals surface area contributed by atoms with Crippen molar-refractivity contribution in [3.05, 3.63) is 101 Å². The van der Waals surface area contributed by atoms with Gasteiger partial charge in [-0.05, 0) is 35.9 Å². The van der Waals surface area contributed by atoms with Crippen LogP contribution in [0.15, 0.2) is 72.8 Å². The van der Waals surface area contributed by atoms with Crippen molar-refractivity contribution in [2.24, 2.45) is 0 Å². The third-order valence-electron chi connectivity index (χ3n) is 5.84. The van der Waals surface area contributed by atoms with Crippen LogP contribution in [0.2, 0.25) is 0 Å². The van der Waals surface area contributed by atoms with Crippen LogP contribution < -0.4 is 0 Å². The molecule has 1 atom stereocenters. The highest BCUT2D eigenvalue weighted by Crippen LogP contribution is 2.32. The van der Waals surface area contributed by atoms with Gasteiger partial charge in [0.2, 0.25) is 5.91 Å². The molecular weight excluding hydrogens is 396 g/mol. The Morgan fingerprint density at radius 1 is 0.903 bits per heavy atom. The molecule has 5 rings (SSSR count). The van der Waals surface area contributed by atoms with Gasteiger partial charge >= 0.3 is 0 Å². The summed E-state index contributed by atoms with van der Waals surface area (Å²) < 4.78 is 29.6. The summed E-state index contributed by atoms with van der Waals surface area (Å²) in [6.45, 7) is 1.31. The fourth-order valence-electron chi connectivity index (χ4n) is 4.28. The Morgan fingerprint density at radius 2 is 1.65 bits per heavy atom. The number of para-hydroxylation sites is 2. The predicted molar refractivity (Wildman–Crippen MR) is 114 cm³/mol. The molecule has 4 aromatic rings. The first kappa shape index (κ1) is 19.4. The van der Waals surface area contributed by atoms with Crippen LogP contribution in [0.25, 0.3) is 11.0 Å². The lowest BCUT2D eigenvalue weighted by atomic mass is 10.1. The molecule has 0 bridgehead atoms. The summed E-state index contributed by atoms with van der Waals surface area (Å²) in [6.07, 6.45) is 0.349. The Labute approximate surface area is 178 Å². The van der Waals surface area contributed by atoms with Crippen molar-refractivity contribution in [2.75, 3.05) is 6.54 Å². The first-order valence-electron chi connectivity index (χ1n) is 10.3. The number of aromatic nitrogens is 2. The zero-order valence-electron chi connectivity index (χ0n) is 16.8. The van der Waals surface area contributed by atoms with Crippen LogP contribution in [0, 0.1) is 11.6 Å². The third-order valence-corrected chi connectivity index (χ3v) is 5.84. The molecule has 1 aromatic heterocycles. The van der Waals surface area contributed by atoms with E-state index in [1.807, 2.05) is 34.9 Å². The number of fused-ring (bicyclic) bond motifs is 1. The lowest BCUT2D eigenvalue weighted by Gasteiger charge is -2.17. The molecule has 0 N–H and O–H groups in total. The number of likely N-dealkylation sites (tertiary alicyclic amines) is 1. The van der Waals surface area contributed by atoms with E-state index in [1.54, 1.807) is 29.2 Å². The van der Waals surface area contributed by atoms with Gasteiger partial charge in [-0.25, -0.2) is 13.8 Å². The number of hydrogen-bond donors (Lipinski definition) is 0. The minimum Gasteiger partial charge on any atom is -0.338 e. The number of rotatable bonds is 5. The summed E-state index contributed by atoms with van der Waals surface area (Å²) in [5.74, 6) is 0.188. The highest BCUT2D eigenvalue weighted by Gasteiger charge is 2.34. The van der Waals surface area contributed by atoms with Crippen molar-refractivity contribution in [3.63, 3.8) is 0 Å². The van der Waals surface area contributed by atoms with E-state index in [0.29, 0.717) is 31.6 Å². The monoisotopic (exact) mass is 417 g/mol. The average molecular weight is 417 g/mol. The quantitative estimate of drug-likeness (QED) is 0.464. The maximum Gasteiger partial charge on any atom is 0.223 e. The number of amides is 1. The van der Waals surface area contributed by atoms with Gasteiger partial charge < -0.3 is 9.47 Å². The van der Waals surface area contributed by atoms with Crippen molar-refractivity contribution in [1.82, 2.24) is 14.5 Å². The van der Waals surface area contributed by atoms with E-state index in [9.17, 15) is 13.6 Å². The van der Waals surface area contributed by atoms with E-state index in [0.717, 1.165) is 22.4 Å². The molecule has 0 radical (unpaired) electrons. The van der Waals surface area contributed by atoms with Gasteiger partial charge in [0, 0.05) is 31.0 Å². The van der Waals surface area contributed by atoms with Crippen molar-refractivity contribution in [1.29, 1.82) is 0 Å². The van der Waals surface area contributed by atoms with Crippen LogP contribution in [0.5, 0.6) is 0 Å². The molecule has 0 aliphatic carbocycles. The van der Waals surface area contributed by atoms with Gasteiger partial charge in [-0.3, -0.25) is 4.79 Å². The second-order valence-electron chi connectivity index (χ2n) is 7.94. The lowest BCUT2D eigenvalue weighted by molar-refractivity contribution is -0.128. The fourth-order valence-corrected chi connectivity index (χ4v) is 4.28. The number of carbonyl (C=O) groups excluding carboxylic acids is 1. The molecule has 2 heterocycles. The van der Waals surface area contributed by atoms with E-state index in [1.165, 1.54) is 18.2 Å². The molecule has 0 spiro atoms. The fraction of sp³-hybridized carbons (Fsp3) is 0.200. The first-order valence-corrected chi connectivity index (χ1v) is 10.3. The normalized spacial score (nSPS) is 16.4. The molecule has 1 aliphatic rings. The van der Waals surface area contributed by atoms with Crippen molar-refractivity contribution in [3.8, 4) is 0 Å². The highest BCUT2D eigenvalue weighted by atomic mass is 19.1. The molecule has 1 saturated heterocycles. The van der Waals surface area contributed by atoms with Crippen molar-refractivity contribution in [2.45, 2.75) is 25.4 Å². The van der Waals surface area contributed by atoms with Crippen LogP contribution in [0.4, 0.5) is 8.78 Å². The maximum absolute atomic E-state index is 14.4. The van der Waals surface area contributed by atoms with E-state index < -0.39 is 0 Å². The number of hydrogen-bond acceptors (Lipinski definition) is 2. The number of halogens is 2. The zero-order valence-corrected chi connectivity index (χ0v) is 16.8. The summed E-state index contributed by atoms with van der Waals surface area (Å²) >= 11 is 0. The summed E-state index contributed by atoms with van der Waals surface area (Å²) in [6, 6.07) is 20.7. The molecule has 6 heteroatoms. The molecule has 156 valence electrons. The Balaban J connectivity index is 1.46. The summed E-state index contributed by atoms with van der Waals surface area (Å²) in [5.41, 5.74) is 3.22. The van der Waals surface area contributed by atoms with E-state index >= 15 is 0 Å². The summed E-state index contributed by atoms with van der Waals surface area (Å²) in [7, 11) is 0. The van der Waals surface area contributed by atoms with Gasteiger partial charge in [0.15, 0.2) is 0 Å². The number of imidazole rings is 1. The van der Waals surface area contributed by atoms with Gasteiger partial charge in [0.25, 0.3) is 0 Å². The maximum atomic E-state index is 14.4. The molecule has 0 unspecified atom stereocenters. The topological polar surface area (TPSA) is 38.1 Å². The second-order valence-corrected chi connectivity index (χ2v) is 7.94. The minimum atomic E-state index is -0.295. The van der Waals surface area contributed by atoms with Crippen LogP contribution in [-0.4, -0.2) is 26.9 Å². The van der Waals surface area contributed by atoms with Gasteiger partial charge in [-0.15, -0.1) is 0 Å². The molecule has 1 aliphatic heterocycles. The van der Waals surface area contributed by atoms with Gasteiger partial charge in [-0.2, -0.15) is 0 Å². The zero-order chi connectivity index (χ0) is 21.4. The van der Waals surface area contributed by atoms with E-state index in [-0.39, 0.29) is 23.5 Å². The third kappa shape index (κ3) is 3.81. The van der Waals surface area contributed by atoms with Gasteiger partial charge in [0.1, 0.15) is 17.5 Å². The first-order chi connectivity index (χ1) is 15.1. The van der Waals surface area contributed by atoms with Crippen LogP contribution >= 0.6 is 0 Å².